The molecule has 2 rings (SSSR count). The Hall–Kier alpha value is -2.43. The summed E-state index contributed by atoms with van der Waals surface area (Å²) in [5.74, 6) is -0.847. The van der Waals surface area contributed by atoms with Crippen LogP contribution in [-0.2, 0) is 7.05 Å². The maximum atomic E-state index is 11.9. The fraction of sp³-hybridized carbons (Fsp3) is 0.267. The van der Waals surface area contributed by atoms with Gasteiger partial charge in [-0.1, -0.05) is 38.1 Å². The third kappa shape index (κ3) is 2.47. The van der Waals surface area contributed by atoms with Gasteiger partial charge in [-0.2, -0.15) is 5.10 Å². The fourth-order valence-electron chi connectivity index (χ4n) is 2.01. The van der Waals surface area contributed by atoms with E-state index in [4.69, 9.17) is 0 Å². The Labute approximate surface area is 116 Å². The zero-order valence-electron chi connectivity index (χ0n) is 11.6. The normalized spacial score (nSPS) is 10.8. The van der Waals surface area contributed by atoms with E-state index in [0.29, 0.717) is 17.0 Å². The molecule has 1 aromatic heterocycles. The highest BCUT2D eigenvalue weighted by atomic mass is 16.4. The molecule has 0 aliphatic rings. The van der Waals surface area contributed by atoms with Crippen molar-refractivity contribution in [2.75, 3.05) is 0 Å². The van der Waals surface area contributed by atoms with Gasteiger partial charge < -0.3 is 5.11 Å². The van der Waals surface area contributed by atoms with E-state index in [1.165, 1.54) is 13.2 Å². The molecule has 5 heteroatoms. The van der Waals surface area contributed by atoms with Gasteiger partial charge >= 0.3 is 5.97 Å². The largest absolute Gasteiger partial charge is 0.477 e. The van der Waals surface area contributed by atoms with Gasteiger partial charge in [-0.15, -0.1) is 0 Å². The molecule has 1 heterocycles. The molecule has 2 aromatic rings. The number of carbonyl (C=O) groups is 1. The van der Waals surface area contributed by atoms with Gasteiger partial charge in [-0.05, 0) is 17.0 Å². The first kappa shape index (κ1) is 14.0. The van der Waals surface area contributed by atoms with Gasteiger partial charge in [0.05, 0.1) is 6.20 Å². The molecule has 0 unspecified atom stereocenters. The monoisotopic (exact) mass is 272 g/mol. The van der Waals surface area contributed by atoms with Crippen LogP contribution in [0.5, 0.6) is 0 Å². The topological polar surface area (TPSA) is 72.2 Å². The third-order valence-corrected chi connectivity index (χ3v) is 3.24. The Bertz CT molecular complexity index is 700. The van der Waals surface area contributed by atoms with Crippen molar-refractivity contribution >= 4 is 5.97 Å². The first-order valence-electron chi connectivity index (χ1n) is 6.31. The highest BCUT2D eigenvalue weighted by Gasteiger charge is 2.18. The Morgan fingerprint density at radius 1 is 1.25 bits per heavy atom. The molecule has 0 spiro atoms. The zero-order valence-corrected chi connectivity index (χ0v) is 11.6. The Balaban J connectivity index is 2.61. The quantitative estimate of drug-likeness (QED) is 0.930. The molecular weight excluding hydrogens is 256 g/mol. The summed E-state index contributed by atoms with van der Waals surface area (Å²) >= 11 is 0. The lowest BCUT2D eigenvalue weighted by Crippen LogP contribution is -2.27. The number of nitrogens with zero attached hydrogens (tertiary/aromatic N) is 2. The Morgan fingerprint density at radius 2 is 1.85 bits per heavy atom. The number of hydrogen-bond acceptors (Lipinski definition) is 3. The van der Waals surface area contributed by atoms with Crippen LogP contribution < -0.4 is 5.56 Å². The summed E-state index contributed by atoms with van der Waals surface area (Å²) in [5.41, 5.74) is 1.32. The molecule has 0 aliphatic carbocycles. The molecule has 1 aromatic carbocycles. The van der Waals surface area contributed by atoms with Crippen LogP contribution in [0.3, 0.4) is 0 Å². The van der Waals surface area contributed by atoms with Crippen molar-refractivity contribution in [3.8, 4) is 11.1 Å². The molecule has 0 saturated heterocycles. The van der Waals surface area contributed by atoms with Crippen LogP contribution in [0.25, 0.3) is 11.1 Å². The predicted octanol–water partition coefficient (Wildman–Crippen LogP) is 2.27. The van der Waals surface area contributed by atoms with Gasteiger partial charge in [0, 0.05) is 12.6 Å². The van der Waals surface area contributed by atoms with Crippen LogP contribution in [0.2, 0.25) is 0 Å². The first-order chi connectivity index (χ1) is 9.41. The van der Waals surface area contributed by atoms with Crippen LogP contribution in [0.1, 0.15) is 35.7 Å². The summed E-state index contributed by atoms with van der Waals surface area (Å²) in [4.78, 5) is 23.2. The number of aryl methyl sites for hydroxylation is 1. The molecule has 5 nitrogen and oxygen atoms in total. The van der Waals surface area contributed by atoms with Crippen molar-refractivity contribution in [3.05, 3.63) is 51.9 Å². The van der Waals surface area contributed by atoms with Gasteiger partial charge in [0.2, 0.25) is 0 Å². The molecule has 20 heavy (non-hydrogen) atoms. The van der Waals surface area contributed by atoms with Crippen LogP contribution >= 0.6 is 0 Å². The van der Waals surface area contributed by atoms with Crippen molar-refractivity contribution in [2.45, 2.75) is 19.8 Å². The molecular formula is C15H16N2O3. The van der Waals surface area contributed by atoms with E-state index < -0.39 is 11.5 Å². The number of carboxylic acids is 1. The van der Waals surface area contributed by atoms with Crippen LogP contribution in [0, 0.1) is 0 Å². The van der Waals surface area contributed by atoms with Gasteiger partial charge in [-0.25, -0.2) is 9.48 Å². The lowest BCUT2D eigenvalue weighted by atomic mass is 9.98. The summed E-state index contributed by atoms with van der Waals surface area (Å²) in [6, 6.07) is 7.50. The highest BCUT2D eigenvalue weighted by Crippen LogP contribution is 2.23. The molecule has 104 valence electrons. The van der Waals surface area contributed by atoms with E-state index in [-0.39, 0.29) is 5.56 Å². The maximum Gasteiger partial charge on any atom is 0.342 e. The second-order valence-corrected chi connectivity index (χ2v) is 4.94. The fourth-order valence-corrected chi connectivity index (χ4v) is 2.01. The number of aromatic carboxylic acids is 1. The Morgan fingerprint density at radius 3 is 2.35 bits per heavy atom. The molecule has 0 amide bonds. The van der Waals surface area contributed by atoms with Crippen LogP contribution in [0.15, 0.2) is 35.3 Å². The minimum absolute atomic E-state index is 0.250. The molecule has 0 atom stereocenters. The highest BCUT2D eigenvalue weighted by molar-refractivity contribution is 5.95. The Kier molecular flexibility index (Phi) is 3.70. The van der Waals surface area contributed by atoms with E-state index in [1.807, 2.05) is 24.3 Å². The van der Waals surface area contributed by atoms with E-state index in [0.717, 1.165) is 10.2 Å². The van der Waals surface area contributed by atoms with Crippen molar-refractivity contribution < 1.29 is 9.90 Å². The van der Waals surface area contributed by atoms with E-state index in [2.05, 4.69) is 18.9 Å². The van der Waals surface area contributed by atoms with E-state index >= 15 is 0 Å². The summed E-state index contributed by atoms with van der Waals surface area (Å²) < 4.78 is 1.02. The standard InChI is InChI=1S/C15H16N2O3/c1-9(2)10-4-6-11(7-5-10)12-8-16-17(3)14(18)13(12)15(19)20/h4-9H,1-3H3,(H,19,20). The SMILES string of the molecule is CC(C)c1ccc(-c2cnn(C)c(=O)c2C(=O)O)cc1. The number of benzene rings is 1. The van der Waals surface area contributed by atoms with Gasteiger partial charge in [0.25, 0.3) is 5.56 Å². The lowest BCUT2D eigenvalue weighted by molar-refractivity contribution is 0.0694. The minimum atomic E-state index is -1.24. The maximum absolute atomic E-state index is 11.9. The number of aromatic nitrogens is 2. The summed E-state index contributed by atoms with van der Waals surface area (Å²) in [6.07, 6.45) is 1.41. The predicted molar refractivity (Wildman–Crippen MR) is 76.0 cm³/mol. The molecule has 0 radical (unpaired) electrons. The number of rotatable bonds is 3. The molecule has 0 saturated carbocycles. The zero-order chi connectivity index (χ0) is 14.9. The van der Waals surface area contributed by atoms with Gasteiger partial charge in [0.1, 0.15) is 5.56 Å². The second kappa shape index (κ2) is 5.28. The average Bonchev–Trinajstić information content (AvgIpc) is 2.41. The third-order valence-electron chi connectivity index (χ3n) is 3.24. The van der Waals surface area contributed by atoms with Crippen LogP contribution in [-0.4, -0.2) is 20.9 Å². The van der Waals surface area contributed by atoms with Crippen LogP contribution in [0.4, 0.5) is 0 Å². The molecule has 1 N–H and O–H groups in total. The smallest absolute Gasteiger partial charge is 0.342 e. The van der Waals surface area contributed by atoms with Gasteiger partial charge in [-0.3, -0.25) is 4.79 Å². The van der Waals surface area contributed by atoms with Gasteiger partial charge in [0.15, 0.2) is 0 Å². The van der Waals surface area contributed by atoms with Crippen molar-refractivity contribution in [1.82, 2.24) is 9.78 Å². The summed E-state index contributed by atoms with van der Waals surface area (Å²) in [7, 11) is 1.43. The molecule has 0 aliphatic heterocycles. The average molecular weight is 272 g/mol. The number of hydrogen-bond donors (Lipinski definition) is 1. The van der Waals surface area contributed by atoms with E-state index in [1.54, 1.807) is 0 Å². The second-order valence-electron chi connectivity index (χ2n) is 4.94. The summed E-state index contributed by atoms with van der Waals surface area (Å²) in [6.45, 7) is 4.16. The minimum Gasteiger partial charge on any atom is -0.477 e. The first-order valence-corrected chi connectivity index (χ1v) is 6.31. The van der Waals surface area contributed by atoms with Crippen molar-refractivity contribution in [3.63, 3.8) is 0 Å². The van der Waals surface area contributed by atoms with E-state index in [9.17, 15) is 14.7 Å². The number of carboxylic acid groups (broad SMARTS) is 1. The molecule has 0 bridgehead atoms. The van der Waals surface area contributed by atoms with Crippen molar-refractivity contribution in [1.29, 1.82) is 0 Å². The van der Waals surface area contributed by atoms with Crippen molar-refractivity contribution in [2.24, 2.45) is 7.05 Å². The molecule has 0 fully saturated rings. The lowest BCUT2D eigenvalue weighted by Gasteiger charge is -2.09. The summed E-state index contributed by atoms with van der Waals surface area (Å²) in [5, 5.41) is 13.1.